The van der Waals surface area contributed by atoms with E-state index in [2.05, 4.69) is 10.2 Å². The number of nitrogens with one attached hydrogen (secondary N) is 1. The van der Waals surface area contributed by atoms with Gasteiger partial charge in [0.15, 0.2) is 0 Å². The maximum Gasteiger partial charge on any atom is 0.0108 e. The zero-order valence-electron chi connectivity index (χ0n) is 10.6. The van der Waals surface area contributed by atoms with Crippen molar-refractivity contribution in [2.75, 3.05) is 26.2 Å². The van der Waals surface area contributed by atoms with Crippen LogP contribution in [-0.2, 0) is 0 Å². The van der Waals surface area contributed by atoms with E-state index >= 15 is 0 Å². The normalized spacial score (nSPS) is 32.1. The Balaban J connectivity index is 0.000000722. The first kappa shape index (κ1) is 15.6. The maximum absolute atomic E-state index is 3.53. The molecule has 1 atom stereocenters. The SMILES string of the molecule is C1CNCCC(N2CCCC3(CC3)C2)C1.Cl.Cl. The fourth-order valence-corrected chi connectivity index (χ4v) is 3.51. The van der Waals surface area contributed by atoms with Gasteiger partial charge in [-0.1, -0.05) is 0 Å². The van der Waals surface area contributed by atoms with E-state index in [0.717, 1.165) is 11.5 Å². The third-order valence-electron chi connectivity index (χ3n) is 4.71. The lowest BCUT2D eigenvalue weighted by molar-refractivity contribution is 0.104. The van der Waals surface area contributed by atoms with Crippen LogP contribution >= 0.6 is 24.8 Å². The van der Waals surface area contributed by atoms with Crippen molar-refractivity contribution >= 4 is 24.8 Å². The summed E-state index contributed by atoms with van der Waals surface area (Å²) >= 11 is 0. The third kappa shape index (κ3) is 3.73. The van der Waals surface area contributed by atoms with Crippen molar-refractivity contribution in [2.24, 2.45) is 5.41 Å². The summed E-state index contributed by atoms with van der Waals surface area (Å²) in [6, 6.07) is 0.901. The van der Waals surface area contributed by atoms with Crippen LogP contribution in [0.2, 0.25) is 0 Å². The van der Waals surface area contributed by atoms with Crippen LogP contribution in [0.25, 0.3) is 0 Å². The first-order chi connectivity index (χ1) is 7.38. The summed E-state index contributed by atoms with van der Waals surface area (Å²) < 4.78 is 0. The van der Waals surface area contributed by atoms with Gasteiger partial charge in [-0.15, -0.1) is 24.8 Å². The summed E-state index contributed by atoms with van der Waals surface area (Å²) in [6.07, 6.45) is 10.2. The number of halogens is 2. The van der Waals surface area contributed by atoms with Crippen LogP contribution < -0.4 is 5.32 Å². The van der Waals surface area contributed by atoms with Crippen molar-refractivity contribution in [3.8, 4) is 0 Å². The van der Waals surface area contributed by atoms with E-state index in [0.29, 0.717) is 0 Å². The number of rotatable bonds is 1. The topological polar surface area (TPSA) is 15.3 Å². The smallest absolute Gasteiger partial charge is 0.0108 e. The van der Waals surface area contributed by atoms with Crippen molar-refractivity contribution in [2.45, 2.75) is 51.0 Å². The van der Waals surface area contributed by atoms with Crippen molar-refractivity contribution in [3.05, 3.63) is 0 Å². The third-order valence-corrected chi connectivity index (χ3v) is 4.71. The summed E-state index contributed by atoms with van der Waals surface area (Å²) in [4.78, 5) is 2.82. The summed E-state index contributed by atoms with van der Waals surface area (Å²) in [6.45, 7) is 5.30. The van der Waals surface area contributed by atoms with Crippen LogP contribution in [0.1, 0.15) is 44.9 Å². The van der Waals surface area contributed by atoms with E-state index < -0.39 is 0 Å². The molecule has 2 heterocycles. The van der Waals surface area contributed by atoms with Crippen LogP contribution in [0.4, 0.5) is 0 Å². The number of likely N-dealkylation sites (tertiary alicyclic amines) is 1. The number of hydrogen-bond acceptors (Lipinski definition) is 2. The highest BCUT2D eigenvalue weighted by Crippen LogP contribution is 2.52. The van der Waals surface area contributed by atoms with E-state index in [9.17, 15) is 0 Å². The van der Waals surface area contributed by atoms with Crippen LogP contribution in [0, 0.1) is 5.41 Å². The molecule has 0 bridgehead atoms. The van der Waals surface area contributed by atoms with Gasteiger partial charge in [-0.3, -0.25) is 4.90 Å². The van der Waals surface area contributed by atoms with Crippen LogP contribution in [0.3, 0.4) is 0 Å². The molecule has 17 heavy (non-hydrogen) atoms. The molecule has 0 aromatic rings. The lowest BCUT2D eigenvalue weighted by atomic mass is 9.92. The largest absolute Gasteiger partial charge is 0.317 e. The van der Waals surface area contributed by atoms with Crippen molar-refractivity contribution in [1.82, 2.24) is 10.2 Å². The zero-order valence-corrected chi connectivity index (χ0v) is 12.3. The first-order valence-corrected chi connectivity index (χ1v) is 6.83. The van der Waals surface area contributed by atoms with Crippen molar-refractivity contribution in [3.63, 3.8) is 0 Å². The molecule has 1 spiro atoms. The Morgan fingerprint density at radius 2 is 1.76 bits per heavy atom. The average molecular weight is 281 g/mol. The molecule has 3 fully saturated rings. The Bertz CT molecular complexity index is 223. The molecule has 0 radical (unpaired) electrons. The van der Waals surface area contributed by atoms with E-state index in [1.807, 2.05) is 0 Å². The highest BCUT2D eigenvalue weighted by molar-refractivity contribution is 5.85. The molecule has 1 aliphatic carbocycles. The van der Waals surface area contributed by atoms with Crippen LogP contribution in [0.5, 0.6) is 0 Å². The fourth-order valence-electron chi connectivity index (χ4n) is 3.51. The Morgan fingerprint density at radius 3 is 2.53 bits per heavy atom. The molecule has 3 rings (SSSR count). The van der Waals surface area contributed by atoms with Crippen molar-refractivity contribution in [1.29, 1.82) is 0 Å². The summed E-state index contributed by atoms with van der Waals surface area (Å²) in [5.74, 6) is 0. The van der Waals surface area contributed by atoms with Gasteiger partial charge >= 0.3 is 0 Å². The Labute approximate surface area is 118 Å². The summed E-state index contributed by atoms with van der Waals surface area (Å²) in [5.41, 5.74) is 0.804. The standard InChI is InChI=1S/C13H24N2.2ClH/c1-3-12(4-9-14-8-1)15-10-2-5-13(11-15)6-7-13;;/h12,14H,1-11H2;2*1H. The maximum atomic E-state index is 3.53. The molecule has 0 aromatic heterocycles. The Kier molecular flexibility index (Phi) is 6.04. The fraction of sp³-hybridized carbons (Fsp3) is 1.00. The minimum atomic E-state index is 0. The Hall–Kier alpha value is 0.500. The summed E-state index contributed by atoms with van der Waals surface area (Å²) in [5, 5.41) is 3.53. The highest BCUT2D eigenvalue weighted by atomic mass is 35.5. The van der Waals surface area contributed by atoms with Crippen molar-refractivity contribution < 1.29 is 0 Å². The van der Waals surface area contributed by atoms with Gasteiger partial charge in [0.25, 0.3) is 0 Å². The van der Waals surface area contributed by atoms with Gasteiger partial charge in [-0.25, -0.2) is 0 Å². The minimum absolute atomic E-state index is 0. The first-order valence-electron chi connectivity index (χ1n) is 6.83. The molecule has 1 unspecified atom stereocenters. The molecule has 3 aliphatic rings. The predicted molar refractivity (Wildman–Crippen MR) is 77.5 cm³/mol. The molecule has 4 heteroatoms. The molecule has 0 aromatic carbocycles. The monoisotopic (exact) mass is 280 g/mol. The molecule has 1 saturated carbocycles. The second kappa shape index (κ2) is 6.60. The van der Waals surface area contributed by atoms with Gasteiger partial charge < -0.3 is 5.32 Å². The highest BCUT2D eigenvalue weighted by Gasteiger charge is 2.46. The molecule has 2 aliphatic heterocycles. The van der Waals surface area contributed by atoms with Gasteiger partial charge in [0.2, 0.25) is 0 Å². The van der Waals surface area contributed by atoms with E-state index in [1.54, 1.807) is 0 Å². The van der Waals surface area contributed by atoms with Crippen LogP contribution in [-0.4, -0.2) is 37.1 Å². The van der Waals surface area contributed by atoms with Gasteiger partial charge in [-0.2, -0.15) is 0 Å². The van der Waals surface area contributed by atoms with E-state index in [-0.39, 0.29) is 24.8 Å². The van der Waals surface area contributed by atoms with Gasteiger partial charge in [0.05, 0.1) is 0 Å². The summed E-state index contributed by atoms with van der Waals surface area (Å²) in [7, 11) is 0. The predicted octanol–water partition coefficient (Wildman–Crippen LogP) is 2.85. The quantitative estimate of drug-likeness (QED) is 0.795. The zero-order chi connectivity index (χ0) is 10.1. The Morgan fingerprint density at radius 1 is 0.941 bits per heavy atom. The van der Waals surface area contributed by atoms with E-state index in [4.69, 9.17) is 0 Å². The molecular weight excluding hydrogens is 255 g/mol. The second-order valence-electron chi connectivity index (χ2n) is 5.91. The number of hydrogen-bond donors (Lipinski definition) is 1. The average Bonchev–Trinajstić information content (AvgIpc) is 3.03. The molecule has 0 amide bonds. The number of nitrogens with zero attached hydrogens (tertiary/aromatic N) is 1. The molecule has 102 valence electrons. The van der Waals surface area contributed by atoms with Gasteiger partial charge in [0.1, 0.15) is 0 Å². The van der Waals surface area contributed by atoms with Gasteiger partial charge in [0, 0.05) is 12.6 Å². The molecule has 2 nitrogen and oxygen atoms in total. The molecule has 2 saturated heterocycles. The lowest BCUT2D eigenvalue weighted by Gasteiger charge is -2.38. The minimum Gasteiger partial charge on any atom is -0.317 e. The van der Waals surface area contributed by atoms with E-state index in [1.165, 1.54) is 71.1 Å². The second-order valence-corrected chi connectivity index (χ2v) is 5.91. The number of piperidine rings is 1. The molecular formula is C13H26Cl2N2. The van der Waals surface area contributed by atoms with Gasteiger partial charge in [-0.05, 0) is 70.0 Å². The lowest BCUT2D eigenvalue weighted by Crippen LogP contribution is -2.43. The molecule has 1 N–H and O–H groups in total. The van der Waals surface area contributed by atoms with Crippen LogP contribution in [0.15, 0.2) is 0 Å².